The molecule has 0 aliphatic rings. The van der Waals surface area contributed by atoms with Crippen molar-refractivity contribution in [3.05, 3.63) is 29.8 Å². The molecule has 1 aromatic carbocycles. The van der Waals surface area contributed by atoms with E-state index in [1.54, 1.807) is 30.1 Å². The van der Waals surface area contributed by atoms with Gasteiger partial charge < -0.3 is 10.0 Å². The minimum Gasteiger partial charge on any atom is -0.507 e. The molecule has 1 aromatic rings. The molecule has 0 aliphatic heterocycles. The second-order valence-electron chi connectivity index (χ2n) is 3.69. The molecule has 1 rings (SSSR count). The number of carbonyl (C=O) groups excluding carboxylic acids is 1. The van der Waals surface area contributed by atoms with Gasteiger partial charge in [-0.05, 0) is 25.5 Å². The molecule has 0 aliphatic carbocycles. The topological polar surface area (TPSA) is 40.5 Å². The molecule has 0 saturated carbocycles. The zero-order chi connectivity index (χ0) is 11.4. The number of hydrogen-bond donors (Lipinski definition) is 1. The fourth-order valence-electron chi connectivity index (χ4n) is 1.32. The quantitative estimate of drug-likeness (QED) is 0.826. The van der Waals surface area contributed by atoms with Crippen LogP contribution in [0.5, 0.6) is 5.75 Å². The lowest BCUT2D eigenvalue weighted by Gasteiger charge is -2.24. The van der Waals surface area contributed by atoms with E-state index >= 15 is 0 Å². The van der Waals surface area contributed by atoms with Gasteiger partial charge in [0.2, 0.25) is 0 Å². The standard InChI is InChI=1S/C12H17NO2/c1-4-9(2)13(3)12(15)10-7-5-6-8-11(10)14/h5-9,14H,4H2,1-3H3. The lowest BCUT2D eigenvalue weighted by Crippen LogP contribution is -2.34. The Morgan fingerprint density at radius 1 is 1.47 bits per heavy atom. The molecule has 1 N–H and O–H groups in total. The van der Waals surface area contributed by atoms with Gasteiger partial charge in [-0.15, -0.1) is 0 Å². The number of phenols is 1. The molecule has 0 bridgehead atoms. The number of para-hydroxylation sites is 1. The van der Waals surface area contributed by atoms with E-state index in [9.17, 15) is 9.90 Å². The van der Waals surface area contributed by atoms with Crippen LogP contribution in [0.1, 0.15) is 30.6 Å². The van der Waals surface area contributed by atoms with Crippen LogP contribution < -0.4 is 0 Å². The van der Waals surface area contributed by atoms with Gasteiger partial charge in [-0.2, -0.15) is 0 Å². The molecule has 0 heterocycles. The van der Waals surface area contributed by atoms with Gasteiger partial charge in [-0.25, -0.2) is 0 Å². The summed E-state index contributed by atoms with van der Waals surface area (Å²) in [5.74, 6) is -0.0971. The first-order valence-corrected chi connectivity index (χ1v) is 5.13. The van der Waals surface area contributed by atoms with Gasteiger partial charge in [0.1, 0.15) is 5.75 Å². The molecular weight excluding hydrogens is 190 g/mol. The number of carbonyl (C=O) groups is 1. The van der Waals surface area contributed by atoms with E-state index in [0.717, 1.165) is 6.42 Å². The fourth-order valence-corrected chi connectivity index (χ4v) is 1.32. The smallest absolute Gasteiger partial charge is 0.257 e. The van der Waals surface area contributed by atoms with Crippen molar-refractivity contribution in [2.24, 2.45) is 0 Å². The Hall–Kier alpha value is -1.51. The minimum absolute atomic E-state index is 0.0395. The second-order valence-corrected chi connectivity index (χ2v) is 3.69. The summed E-state index contributed by atoms with van der Waals surface area (Å²) in [5, 5.41) is 9.54. The van der Waals surface area contributed by atoms with Crippen molar-refractivity contribution in [3.63, 3.8) is 0 Å². The molecule has 0 saturated heterocycles. The number of nitrogens with zero attached hydrogens (tertiary/aromatic N) is 1. The predicted octanol–water partition coefficient (Wildman–Crippen LogP) is 2.26. The summed E-state index contributed by atoms with van der Waals surface area (Å²) < 4.78 is 0. The van der Waals surface area contributed by atoms with Crippen LogP contribution in [-0.2, 0) is 0 Å². The third-order valence-electron chi connectivity index (χ3n) is 2.71. The molecule has 0 aromatic heterocycles. The van der Waals surface area contributed by atoms with Crippen LogP contribution in [0.2, 0.25) is 0 Å². The van der Waals surface area contributed by atoms with Gasteiger partial charge in [0.15, 0.2) is 0 Å². The summed E-state index contributed by atoms with van der Waals surface area (Å²) in [6, 6.07) is 6.79. The molecule has 1 atom stereocenters. The number of phenolic OH excluding ortho intramolecular Hbond substituents is 1. The van der Waals surface area contributed by atoms with Crippen LogP contribution >= 0.6 is 0 Å². The van der Waals surface area contributed by atoms with Crippen LogP contribution in [0.15, 0.2) is 24.3 Å². The Morgan fingerprint density at radius 3 is 2.60 bits per heavy atom. The van der Waals surface area contributed by atoms with Crippen LogP contribution in [0.4, 0.5) is 0 Å². The van der Waals surface area contributed by atoms with E-state index in [1.807, 2.05) is 13.8 Å². The Bertz CT molecular complexity index is 349. The summed E-state index contributed by atoms with van der Waals surface area (Å²) in [4.78, 5) is 13.6. The number of amides is 1. The minimum atomic E-state index is -0.137. The van der Waals surface area contributed by atoms with Gasteiger partial charge in [-0.1, -0.05) is 19.1 Å². The molecule has 15 heavy (non-hydrogen) atoms. The van der Waals surface area contributed by atoms with E-state index in [-0.39, 0.29) is 17.7 Å². The van der Waals surface area contributed by atoms with E-state index < -0.39 is 0 Å². The molecule has 1 unspecified atom stereocenters. The molecule has 0 fully saturated rings. The number of benzene rings is 1. The Kier molecular flexibility index (Phi) is 3.72. The first-order valence-electron chi connectivity index (χ1n) is 5.13. The molecule has 3 heteroatoms. The third-order valence-corrected chi connectivity index (χ3v) is 2.71. The molecule has 3 nitrogen and oxygen atoms in total. The van der Waals surface area contributed by atoms with E-state index in [0.29, 0.717) is 5.56 Å². The van der Waals surface area contributed by atoms with Crippen molar-refractivity contribution in [2.45, 2.75) is 26.3 Å². The maximum Gasteiger partial charge on any atom is 0.257 e. The highest BCUT2D eigenvalue weighted by Gasteiger charge is 2.18. The third kappa shape index (κ3) is 2.49. The lowest BCUT2D eigenvalue weighted by molar-refractivity contribution is 0.0737. The largest absolute Gasteiger partial charge is 0.507 e. The first kappa shape index (κ1) is 11.6. The average molecular weight is 207 g/mol. The van der Waals surface area contributed by atoms with Gasteiger partial charge in [0.05, 0.1) is 5.56 Å². The molecule has 82 valence electrons. The van der Waals surface area contributed by atoms with Gasteiger partial charge in [-0.3, -0.25) is 4.79 Å². The van der Waals surface area contributed by atoms with Crippen LogP contribution in [-0.4, -0.2) is 29.0 Å². The van der Waals surface area contributed by atoms with E-state index in [2.05, 4.69) is 0 Å². The van der Waals surface area contributed by atoms with Crippen molar-refractivity contribution in [1.82, 2.24) is 4.90 Å². The zero-order valence-corrected chi connectivity index (χ0v) is 9.40. The highest BCUT2D eigenvalue weighted by molar-refractivity contribution is 5.96. The fraction of sp³-hybridized carbons (Fsp3) is 0.417. The summed E-state index contributed by atoms with van der Waals surface area (Å²) in [7, 11) is 1.75. The van der Waals surface area contributed by atoms with Crippen LogP contribution in [0, 0.1) is 0 Å². The average Bonchev–Trinajstić information content (AvgIpc) is 2.26. The van der Waals surface area contributed by atoms with Crippen LogP contribution in [0.25, 0.3) is 0 Å². The molecule has 1 amide bonds. The Balaban J connectivity index is 2.90. The molecule has 0 radical (unpaired) electrons. The molecule has 0 spiro atoms. The zero-order valence-electron chi connectivity index (χ0n) is 9.40. The van der Waals surface area contributed by atoms with Crippen molar-refractivity contribution < 1.29 is 9.90 Å². The highest BCUT2D eigenvalue weighted by Crippen LogP contribution is 2.18. The summed E-state index contributed by atoms with van der Waals surface area (Å²) >= 11 is 0. The molecular formula is C12H17NO2. The summed E-state index contributed by atoms with van der Waals surface area (Å²) in [6.45, 7) is 4.01. The number of hydrogen-bond acceptors (Lipinski definition) is 2. The number of aromatic hydroxyl groups is 1. The van der Waals surface area contributed by atoms with E-state index in [1.165, 1.54) is 6.07 Å². The normalized spacial score (nSPS) is 12.2. The maximum atomic E-state index is 11.9. The van der Waals surface area contributed by atoms with Crippen molar-refractivity contribution >= 4 is 5.91 Å². The van der Waals surface area contributed by atoms with Crippen molar-refractivity contribution in [2.75, 3.05) is 7.05 Å². The number of rotatable bonds is 3. The Labute approximate surface area is 90.3 Å². The maximum absolute atomic E-state index is 11.9. The SMILES string of the molecule is CCC(C)N(C)C(=O)c1ccccc1O. The lowest BCUT2D eigenvalue weighted by atomic mass is 10.1. The van der Waals surface area contributed by atoms with Gasteiger partial charge in [0, 0.05) is 13.1 Å². The monoisotopic (exact) mass is 207 g/mol. The van der Waals surface area contributed by atoms with Crippen molar-refractivity contribution in [3.8, 4) is 5.75 Å². The van der Waals surface area contributed by atoms with Gasteiger partial charge in [0.25, 0.3) is 5.91 Å². The second kappa shape index (κ2) is 4.82. The highest BCUT2D eigenvalue weighted by atomic mass is 16.3. The summed E-state index contributed by atoms with van der Waals surface area (Å²) in [6.07, 6.45) is 0.899. The predicted molar refractivity (Wildman–Crippen MR) is 60.0 cm³/mol. The van der Waals surface area contributed by atoms with E-state index in [4.69, 9.17) is 0 Å². The summed E-state index contributed by atoms with van der Waals surface area (Å²) in [5.41, 5.74) is 0.361. The van der Waals surface area contributed by atoms with Crippen LogP contribution in [0.3, 0.4) is 0 Å². The van der Waals surface area contributed by atoms with Crippen molar-refractivity contribution in [1.29, 1.82) is 0 Å². The Morgan fingerprint density at radius 2 is 2.07 bits per heavy atom. The van der Waals surface area contributed by atoms with Gasteiger partial charge >= 0.3 is 0 Å². The first-order chi connectivity index (χ1) is 7.07.